The molecule has 0 atom stereocenters. The molecule has 2 aromatic rings. The van der Waals surface area contributed by atoms with Gasteiger partial charge in [0.05, 0.1) is 23.9 Å². The largest absolute Gasteiger partial charge is 0.495 e. The van der Waals surface area contributed by atoms with Gasteiger partial charge in [0.2, 0.25) is 0 Å². The Kier molecular flexibility index (Phi) is 3.39. The summed E-state index contributed by atoms with van der Waals surface area (Å²) >= 11 is 0. The molecule has 0 fully saturated rings. The minimum absolute atomic E-state index is 0.124. The lowest BCUT2D eigenvalue weighted by molar-refractivity contribution is -0.110. The summed E-state index contributed by atoms with van der Waals surface area (Å²) in [5.41, 5.74) is 2.42. The van der Waals surface area contributed by atoms with Gasteiger partial charge in [0.25, 0.3) is 5.91 Å². The average molecular weight is 295 g/mol. The Hall–Kier alpha value is -3.08. The fourth-order valence-electron chi connectivity index (χ4n) is 2.49. The van der Waals surface area contributed by atoms with Crippen LogP contribution >= 0.6 is 0 Å². The molecule has 5 nitrogen and oxygen atoms in total. The molecule has 0 spiro atoms. The van der Waals surface area contributed by atoms with Crippen molar-refractivity contribution in [1.82, 2.24) is 0 Å². The Bertz CT molecular complexity index is 794. The molecule has 0 unspecified atom stereocenters. The Morgan fingerprint density at radius 2 is 1.82 bits per heavy atom. The first kappa shape index (κ1) is 13.9. The number of hydrogen-bond acceptors (Lipinski definition) is 3. The lowest BCUT2D eigenvalue weighted by Crippen LogP contribution is -2.06. The molecule has 0 aromatic heterocycles. The van der Waals surface area contributed by atoms with Crippen LogP contribution in [0.4, 0.5) is 5.69 Å². The smallest absolute Gasteiger partial charge is 0.335 e. The number of rotatable bonds is 3. The van der Waals surface area contributed by atoms with Gasteiger partial charge in [-0.25, -0.2) is 4.79 Å². The van der Waals surface area contributed by atoms with Crippen LogP contribution in [0.15, 0.2) is 48.5 Å². The monoisotopic (exact) mass is 295 g/mol. The fourth-order valence-corrected chi connectivity index (χ4v) is 2.49. The first-order chi connectivity index (χ1) is 10.6. The molecule has 22 heavy (non-hydrogen) atoms. The number of hydrogen-bond donors (Lipinski definition) is 2. The van der Waals surface area contributed by atoms with Crippen LogP contribution in [-0.2, 0) is 9.53 Å². The molecule has 0 saturated carbocycles. The van der Waals surface area contributed by atoms with Crippen molar-refractivity contribution in [2.75, 3.05) is 12.4 Å². The first-order valence-electron chi connectivity index (χ1n) is 6.64. The van der Waals surface area contributed by atoms with Gasteiger partial charge in [-0.05, 0) is 12.1 Å². The molecule has 110 valence electrons. The van der Waals surface area contributed by atoms with E-state index in [-0.39, 0.29) is 11.5 Å². The summed E-state index contributed by atoms with van der Waals surface area (Å²) in [5, 5.41) is 11.7. The second kappa shape index (κ2) is 5.37. The van der Waals surface area contributed by atoms with Crippen molar-refractivity contribution in [3.8, 4) is 0 Å². The van der Waals surface area contributed by atoms with Crippen LogP contribution in [0.5, 0.6) is 0 Å². The van der Waals surface area contributed by atoms with E-state index in [2.05, 4.69) is 5.32 Å². The summed E-state index contributed by atoms with van der Waals surface area (Å²) in [6.45, 7) is 0. The first-order valence-corrected chi connectivity index (χ1v) is 6.64. The third kappa shape index (κ3) is 2.22. The molecule has 0 saturated heterocycles. The number of fused-ring (bicyclic) bond motifs is 1. The molecular weight excluding hydrogens is 282 g/mol. The number of carboxylic acids is 1. The van der Waals surface area contributed by atoms with Gasteiger partial charge in [-0.2, -0.15) is 0 Å². The molecule has 1 aliphatic heterocycles. The molecule has 1 aliphatic rings. The van der Waals surface area contributed by atoms with Crippen LogP contribution < -0.4 is 5.32 Å². The number of aromatic carboxylic acids is 1. The number of nitrogens with one attached hydrogen (secondary N) is 1. The highest BCUT2D eigenvalue weighted by molar-refractivity contribution is 6.36. The molecule has 2 N–H and O–H groups in total. The van der Waals surface area contributed by atoms with Crippen LogP contribution in [0.3, 0.4) is 0 Å². The highest BCUT2D eigenvalue weighted by Crippen LogP contribution is 2.37. The third-order valence-corrected chi connectivity index (χ3v) is 3.48. The van der Waals surface area contributed by atoms with Gasteiger partial charge in [-0.1, -0.05) is 36.4 Å². The van der Waals surface area contributed by atoms with E-state index in [1.165, 1.54) is 19.2 Å². The number of amides is 1. The van der Waals surface area contributed by atoms with Gasteiger partial charge < -0.3 is 15.2 Å². The third-order valence-electron chi connectivity index (χ3n) is 3.48. The van der Waals surface area contributed by atoms with Crippen molar-refractivity contribution >= 4 is 28.9 Å². The van der Waals surface area contributed by atoms with E-state index in [0.717, 1.165) is 5.56 Å². The van der Waals surface area contributed by atoms with Gasteiger partial charge in [0.1, 0.15) is 5.76 Å². The number of methoxy groups -OCH3 is 1. The van der Waals surface area contributed by atoms with E-state index < -0.39 is 5.97 Å². The van der Waals surface area contributed by atoms with Gasteiger partial charge >= 0.3 is 5.97 Å². The van der Waals surface area contributed by atoms with Gasteiger partial charge in [-0.15, -0.1) is 0 Å². The molecule has 0 radical (unpaired) electrons. The zero-order valence-electron chi connectivity index (χ0n) is 11.8. The maximum absolute atomic E-state index is 12.3. The number of ether oxygens (including phenoxy) is 1. The molecule has 5 heteroatoms. The molecule has 0 bridgehead atoms. The van der Waals surface area contributed by atoms with Crippen molar-refractivity contribution < 1.29 is 19.4 Å². The second-order valence-electron chi connectivity index (χ2n) is 4.79. The summed E-state index contributed by atoms with van der Waals surface area (Å²) in [6, 6.07) is 13.8. The lowest BCUT2D eigenvalue weighted by Gasteiger charge is -2.09. The zero-order valence-corrected chi connectivity index (χ0v) is 11.8. The maximum Gasteiger partial charge on any atom is 0.335 e. The summed E-state index contributed by atoms with van der Waals surface area (Å²) in [5.74, 6) is -0.886. The fraction of sp³-hybridized carbons (Fsp3) is 0.0588. The summed E-state index contributed by atoms with van der Waals surface area (Å²) in [7, 11) is 1.51. The number of carbonyl (C=O) groups excluding carboxylic acids is 1. The Labute approximate surface area is 126 Å². The summed E-state index contributed by atoms with van der Waals surface area (Å²) in [6.07, 6.45) is 0. The normalized spacial score (nSPS) is 15.0. The van der Waals surface area contributed by atoms with E-state index in [1.807, 2.05) is 30.3 Å². The van der Waals surface area contributed by atoms with E-state index in [4.69, 9.17) is 9.84 Å². The molecule has 2 aromatic carbocycles. The van der Waals surface area contributed by atoms with Crippen LogP contribution in [0.2, 0.25) is 0 Å². The highest BCUT2D eigenvalue weighted by Gasteiger charge is 2.29. The minimum atomic E-state index is -1.04. The summed E-state index contributed by atoms with van der Waals surface area (Å²) < 4.78 is 5.43. The zero-order chi connectivity index (χ0) is 15.7. The van der Waals surface area contributed by atoms with Crippen LogP contribution in [0.1, 0.15) is 21.5 Å². The van der Waals surface area contributed by atoms with Crippen molar-refractivity contribution in [2.45, 2.75) is 0 Å². The van der Waals surface area contributed by atoms with Gasteiger partial charge in [0, 0.05) is 11.1 Å². The lowest BCUT2D eigenvalue weighted by atomic mass is 10.0. The molecule has 1 amide bonds. The van der Waals surface area contributed by atoms with Crippen molar-refractivity contribution in [3.63, 3.8) is 0 Å². The van der Waals surface area contributed by atoms with Crippen molar-refractivity contribution in [2.24, 2.45) is 0 Å². The number of carboxylic acid groups (broad SMARTS) is 1. The van der Waals surface area contributed by atoms with E-state index in [0.29, 0.717) is 22.6 Å². The van der Waals surface area contributed by atoms with Crippen molar-refractivity contribution in [3.05, 3.63) is 65.2 Å². The van der Waals surface area contributed by atoms with E-state index >= 15 is 0 Å². The Balaban J connectivity index is 2.19. The van der Waals surface area contributed by atoms with Crippen molar-refractivity contribution in [1.29, 1.82) is 0 Å². The predicted octanol–water partition coefficient (Wildman–Crippen LogP) is 2.85. The highest BCUT2D eigenvalue weighted by atomic mass is 16.5. The average Bonchev–Trinajstić information content (AvgIpc) is 2.85. The second-order valence-corrected chi connectivity index (χ2v) is 4.79. The molecular formula is C17H13NO4. The summed E-state index contributed by atoms with van der Waals surface area (Å²) in [4.78, 5) is 23.3. The quantitative estimate of drug-likeness (QED) is 0.674. The molecule has 3 rings (SSSR count). The number of carbonyl (C=O) groups is 2. The van der Waals surface area contributed by atoms with E-state index in [9.17, 15) is 9.59 Å². The maximum atomic E-state index is 12.3. The van der Waals surface area contributed by atoms with Crippen LogP contribution in [-0.4, -0.2) is 24.1 Å². The molecule has 0 aliphatic carbocycles. The standard InChI is InChI=1S/C17H13NO4/c1-22-15(10-5-3-2-4-6-10)14-12-8-7-11(17(20)21)9-13(12)18-16(14)19/h2-9H,1H3,(H,18,19)(H,20,21)/b15-14+. The Morgan fingerprint density at radius 1 is 1.09 bits per heavy atom. The minimum Gasteiger partial charge on any atom is -0.495 e. The molecule has 1 heterocycles. The van der Waals surface area contributed by atoms with Crippen LogP contribution in [0.25, 0.3) is 11.3 Å². The topological polar surface area (TPSA) is 75.6 Å². The van der Waals surface area contributed by atoms with E-state index in [1.54, 1.807) is 6.07 Å². The SMILES string of the molecule is CO/C(=C1/C(=O)Nc2cc(C(=O)O)ccc21)c1ccccc1. The van der Waals surface area contributed by atoms with Gasteiger partial charge in [-0.3, -0.25) is 4.79 Å². The number of benzene rings is 2. The predicted molar refractivity (Wildman–Crippen MR) is 82.3 cm³/mol. The number of anilines is 1. The van der Waals surface area contributed by atoms with Gasteiger partial charge in [0.15, 0.2) is 0 Å². The Morgan fingerprint density at radius 3 is 2.45 bits per heavy atom. The van der Waals surface area contributed by atoms with Crippen LogP contribution in [0, 0.1) is 0 Å².